The average molecular weight is 622 g/mol. The molecule has 0 saturated carbocycles. The van der Waals surface area contributed by atoms with Crippen LogP contribution in [0.5, 0.6) is 11.6 Å². The van der Waals surface area contributed by atoms with Gasteiger partial charge in [0.15, 0.2) is 11.6 Å². The smallest absolute Gasteiger partial charge is 0.261 e. The van der Waals surface area contributed by atoms with Crippen LogP contribution in [-0.4, -0.2) is 58.3 Å². The number of fused-ring (bicyclic) bond motifs is 3. The van der Waals surface area contributed by atoms with Crippen LogP contribution < -0.4 is 31.1 Å². The van der Waals surface area contributed by atoms with Gasteiger partial charge in [-0.1, -0.05) is 24.8 Å². The Balaban J connectivity index is 1.37. The molecule has 1 saturated heterocycles. The Hall–Kier alpha value is -5.69. The maximum absolute atomic E-state index is 15.7. The summed E-state index contributed by atoms with van der Waals surface area (Å²) in [6.45, 7) is 9.06. The van der Waals surface area contributed by atoms with Crippen molar-refractivity contribution in [1.82, 2.24) is 24.9 Å². The molecule has 3 aromatic heterocycles. The maximum Gasteiger partial charge on any atom is 0.261 e. The molecule has 0 aliphatic carbocycles. The number of hydrazine groups is 1. The van der Waals surface area contributed by atoms with E-state index in [4.69, 9.17) is 15.2 Å². The zero-order valence-electron chi connectivity index (χ0n) is 25.2. The number of carbonyl (C=O) groups is 1. The summed E-state index contributed by atoms with van der Waals surface area (Å²) >= 11 is 0. The summed E-state index contributed by atoms with van der Waals surface area (Å²) in [5.74, 6) is 0.549. The lowest BCUT2D eigenvalue weighted by Crippen LogP contribution is -2.38. The normalized spacial score (nSPS) is 14.3. The summed E-state index contributed by atoms with van der Waals surface area (Å²) < 4.78 is 29.3. The first-order valence-corrected chi connectivity index (χ1v) is 14.9. The Bertz CT molecular complexity index is 1970. The second-order valence-corrected chi connectivity index (χ2v) is 10.9. The molecule has 5 aromatic rings. The summed E-state index contributed by atoms with van der Waals surface area (Å²) in [4.78, 5) is 29.7. The van der Waals surface area contributed by atoms with Gasteiger partial charge in [0.2, 0.25) is 5.88 Å². The minimum Gasteiger partial charge on any atom is -0.436 e. The number of nitrogens with one attached hydrogen (secondary N) is 2. The van der Waals surface area contributed by atoms with Crippen LogP contribution >= 0.6 is 0 Å². The fourth-order valence-electron chi connectivity index (χ4n) is 6.06. The molecule has 2 aliphatic rings. The number of nitrogen functional groups attached to an aromatic ring is 1. The molecule has 1 amide bonds. The van der Waals surface area contributed by atoms with Gasteiger partial charge < -0.3 is 29.6 Å². The molecule has 46 heavy (non-hydrogen) atoms. The highest BCUT2D eigenvalue weighted by Crippen LogP contribution is 2.50. The Labute approximate surface area is 264 Å². The molecule has 2 aromatic carbocycles. The number of benzene rings is 2. The van der Waals surface area contributed by atoms with E-state index in [9.17, 15) is 4.79 Å². The van der Waals surface area contributed by atoms with E-state index in [0.717, 1.165) is 22.9 Å². The number of para-hydroxylation sites is 1. The van der Waals surface area contributed by atoms with Crippen molar-refractivity contribution in [2.24, 2.45) is 0 Å². The number of hydrogen-bond acceptors (Lipinski definition) is 10. The maximum atomic E-state index is 15.7. The van der Waals surface area contributed by atoms with Gasteiger partial charge in [-0.3, -0.25) is 15.6 Å². The highest BCUT2D eigenvalue weighted by Gasteiger charge is 2.34. The summed E-state index contributed by atoms with van der Waals surface area (Å²) in [5, 5.41) is 0.635. The molecule has 2 aliphatic heterocycles. The highest BCUT2D eigenvalue weighted by atomic mass is 19.1. The monoisotopic (exact) mass is 621 g/mol. The number of pyridine rings is 1. The Kier molecular flexibility index (Phi) is 7.58. The van der Waals surface area contributed by atoms with Crippen LogP contribution in [0.2, 0.25) is 0 Å². The quantitative estimate of drug-likeness (QED) is 0.162. The molecular formula is C33H32FN9O3. The predicted octanol–water partition coefficient (Wildman–Crippen LogP) is 4.93. The van der Waals surface area contributed by atoms with Crippen molar-refractivity contribution in [1.29, 1.82) is 0 Å². The van der Waals surface area contributed by atoms with E-state index in [0.29, 0.717) is 78.9 Å². The summed E-state index contributed by atoms with van der Waals surface area (Å²) in [6.07, 6.45) is 2.64. The topological polar surface area (TPSA) is 136 Å². The van der Waals surface area contributed by atoms with E-state index in [1.807, 2.05) is 31.2 Å². The molecule has 12 nitrogen and oxygen atoms in total. The Morgan fingerprint density at radius 3 is 2.70 bits per heavy atom. The number of hydrogen-bond donors (Lipinski definition) is 3. The number of rotatable bonds is 8. The molecule has 4 N–H and O–H groups in total. The van der Waals surface area contributed by atoms with Crippen LogP contribution in [0.15, 0.2) is 73.6 Å². The fraction of sp³-hybridized carbons (Fsp3) is 0.212. The van der Waals surface area contributed by atoms with E-state index in [1.54, 1.807) is 24.3 Å². The van der Waals surface area contributed by atoms with Crippen LogP contribution in [0.4, 0.5) is 33.1 Å². The summed E-state index contributed by atoms with van der Waals surface area (Å²) in [7, 11) is 0. The summed E-state index contributed by atoms with van der Waals surface area (Å²) in [6, 6.07) is 16.0. The number of aryl methyl sites for hydroxylation is 1. The van der Waals surface area contributed by atoms with Gasteiger partial charge in [0, 0.05) is 43.5 Å². The molecule has 13 heteroatoms. The number of anilines is 5. The number of carbonyl (C=O) groups excluding carboxylic acids is 1. The Morgan fingerprint density at radius 1 is 1.09 bits per heavy atom. The minimum atomic E-state index is -0.549. The van der Waals surface area contributed by atoms with Crippen LogP contribution in [-0.2, 0) is 16.1 Å². The lowest BCUT2D eigenvalue weighted by molar-refractivity contribution is -0.116. The third-order valence-corrected chi connectivity index (χ3v) is 8.08. The van der Waals surface area contributed by atoms with Crippen LogP contribution in [0.1, 0.15) is 5.69 Å². The van der Waals surface area contributed by atoms with Gasteiger partial charge in [0.25, 0.3) is 5.91 Å². The van der Waals surface area contributed by atoms with Crippen molar-refractivity contribution in [3.05, 3.63) is 85.1 Å². The number of morpholine rings is 1. The molecule has 0 spiro atoms. The van der Waals surface area contributed by atoms with E-state index in [1.165, 1.54) is 18.5 Å². The number of aromatic nitrogens is 4. The molecule has 1 fully saturated rings. The van der Waals surface area contributed by atoms with Crippen LogP contribution in [0, 0.1) is 12.7 Å². The second-order valence-electron chi connectivity index (χ2n) is 10.9. The van der Waals surface area contributed by atoms with Crippen LogP contribution in [0.25, 0.3) is 22.2 Å². The molecule has 0 bridgehead atoms. The van der Waals surface area contributed by atoms with Crippen molar-refractivity contribution in [3.8, 4) is 22.8 Å². The van der Waals surface area contributed by atoms with Gasteiger partial charge in [-0.15, -0.1) is 0 Å². The van der Waals surface area contributed by atoms with Crippen molar-refractivity contribution in [2.45, 2.75) is 13.5 Å². The van der Waals surface area contributed by atoms with Gasteiger partial charge in [0.05, 0.1) is 35.7 Å². The number of halogens is 1. The number of nitrogens with zero attached hydrogens (tertiary/aromatic N) is 6. The molecule has 5 heterocycles. The predicted molar refractivity (Wildman–Crippen MR) is 175 cm³/mol. The lowest BCUT2D eigenvalue weighted by Gasteiger charge is -2.34. The molecule has 234 valence electrons. The van der Waals surface area contributed by atoms with Gasteiger partial charge >= 0.3 is 0 Å². The largest absolute Gasteiger partial charge is 0.436 e. The first kappa shape index (κ1) is 29.0. The second kappa shape index (κ2) is 12.0. The standard InChI is InChI=1S/C33H32FN9O3/c1-3-26(44)40-39-23-7-5-8-24(30(23)41-14-16-45-17-15-41)42-12-13-43-32-29(31(35)36-19-37-32)28(33(42)43)21-10-11-25(22(34)18-21)46-27-9-4-6-20(2)38-27/h3-11,18-19,39H,1,12-17H2,2H3,(H,40,44)(H2,35,36,37). The molecule has 0 radical (unpaired) electrons. The third kappa shape index (κ3) is 5.20. The lowest BCUT2D eigenvalue weighted by atomic mass is 10.0. The molecule has 7 rings (SSSR count). The van der Waals surface area contributed by atoms with E-state index >= 15 is 4.39 Å². The van der Waals surface area contributed by atoms with Crippen molar-refractivity contribution in [2.75, 3.05) is 53.8 Å². The third-order valence-electron chi connectivity index (χ3n) is 8.08. The zero-order chi connectivity index (χ0) is 31.8. The number of amides is 1. The van der Waals surface area contributed by atoms with Crippen LogP contribution in [0.3, 0.4) is 0 Å². The van der Waals surface area contributed by atoms with Gasteiger partial charge in [0.1, 0.15) is 23.6 Å². The first-order valence-electron chi connectivity index (χ1n) is 14.9. The Morgan fingerprint density at radius 2 is 1.91 bits per heavy atom. The SMILES string of the molecule is C=CC(=O)NNc1cccc(N2CCn3c2c(-c2ccc(Oc4cccc(C)n4)c(F)c2)c2c(N)ncnc23)c1N1CCOCC1. The van der Waals surface area contributed by atoms with Crippen molar-refractivity contribution < 1.29 is 18.7 Å². The van der Waals surface area contributed by atoms with E-state index < -0.39 is 5.82 Å². The number of nitrogens with two attached hydrogens (primary N) is 1. The molecular weight excluding hydrogens is 589 g/mol. The zero-order valence-corrected chi connectivity index (χ0v) is 25.2. The average Bonchev–Trinajstić information content (AvgIpc) is 3.64. The van der Waals surface area contributed by atoms with Gasteiger partial charge in [-0.05, 0) is 48.9 Å². The minimum absolute atomic E-state index is 0.0537. The van der Waals surface area contributed by atoms with Crippen molar-refractivity contribution in [3.63, 3.8) is 0 Å². The van der Waals surface area contributed by atoms with Crippen molar-refractivity contribution >= 4 is 45.6 Å². The van der Waals surface area contributed by atoms with E-state index in [2.05, 4.69) is 46.7 Å². The molecule has 0 atom stereocenters. The number of ether oxygens (including phenoxy) is 2. The molecule has 0 unspecified atom stereocenters. The van der Waals surface area contributed by atoms with E-state index in [-0.39, 0.29) is 11.7 Å². The fourth-order valence-corrected chi connectivity index (χ4v) is 6.06. The van der Waals surface area contributed by atoms with Gasteiger partial charge in [-0.25, -0.2) is 19.3 Å². The van der Waals surface area contributed by atoms with Gasteiger partial charge in [-0.2, -0.15) is 0 Å². The highest BCUT2D eigenvalue weighted by molar-refractivity contribution is 6.09. The first-order chi connectivity index (χ1) is 22.4. The summed E-state index contributed by atoms with van der Waals surface area (Å²) in [5.41, 5.74) is 17.4.